The molecule has 1 aromatic rings. The second kappa shape index (κ2) is 6.47. The zero-order chi connectivity index (χ0) is 14.6. The smallest absolute Gasteiger partial charge is 0.277 e. The molecule has 0 spiro atoms. The normalized spacial score (nSPS) is 12.8. The lowest BCUT2D eigenvalue weighted by Crippen LogP contribution is -2.36. The zero-order valence-electron chi connectivity index (χ0n) is 12.2. The molecule has 0 fully saturated rings. The zero-order valence-corrected chi connectivity index (χ0v) is 12.2. The molecule has 1 unspecified atom stereocenters. The molecule has 106 valence electrons. The highest BCUT2D eigenvalue weighted by molar-refractivity contribution is 5.49. The van der Waals surface area contributed by atoms with Crippen LogP contribution in [0.15, 0.2) is 12.3 Å². The van der Waals surface area contributed by atoms with Crippen LogP contribution >= 0.6 is 0 Å². The van der Waals surface area contributed by atoms with Crippen molar-refractivity contribution in [2.24, 2.45) is 5.92 Å². The highest BCUT2D eigenvalue weighted by atomic mass is 16.6. The van der Waals surface area contributed by atoms with E-state index in [1.165, 1.54) is 12.3 Å². The summed E-state index contributed by atoms with van der Waals surface area (Å²) in [5.41, 5.74) is 0.675. The Bertz CT molecular complexity index is 446. The molecule has 1 heterocycles. The molecule has 0 aromatic carbocycles. The summed E-state index contributed by atoms with van der Waals surface area (Å²) in [6.45, 7) is 6.77. The summed E-state index contributed by atoms with van der Waals surface area (Å²) < 4.78 is 0. The van der Waals surface area contributed by atoms with E-state index in [1.54, 1.807) is 6.92 Å². The minimum Gasteiger partial charge on any atom is -0.366 e. The average molecular weight is 266 g/mol. The molecule has 19 heavy (non-hydrogen) atoms. The highest BCUT2D eigenvalue weighted by Crippen LogP contribution is 2.21. The number of anilines is 1. The van der Waals surface area contributed by atoms with Gasteiger partial charge in [-0.1, -0.05) is 13.8 Å². The van der Waals surface area contributed by atoms with Crippen molar-refractivity contribution in [2.45, 2.75) is 26.8 Å². The minimum absolute atomic E-state index is 0.102. The molecule has 1 rings (SSSR count). The van der Waals surface area contributed by atoms with E-state index in [2.05, 4.69) is 29.0 Å². The van der Waals surface area contributed by atoms with Crippen LogP contribution in [0.1, 0.15) is 19.4 Å². The maximum atomic E-state index is 10.9. The van der Waals surface area contributed by atoms with Gasteiger partial charge in [-0.2, -0.15) is 0 Å². The molecule has 0 radical (unpaired) electrons. The predicted octanol–water partition coefficient (Wildman–Crippen LogP) is 2.30. The summed E-state index contributed by atoms with van der Waals surface area (Å²) in [5.74, 6) is 0.961. The molecule has 0 aliphatic heterocycles. The summed E-state index contributed by atoms with van der Waals surface area (Å²) >= 11 is 0. The summed E-state index contributed by atoms with van der Waals surface area (Å²) in [7, 11) is 4.00. The van der Waals surface area contributed by atoms with Crippen LogP contribution in [-0.4, -0.2) is 41.5 Å². The Morgan fingerprint density at radius 2 is 2.11 bits per heavy atom. The van der Waals surface area contributed by atoms with Crippen LogP contribution in [0, 0.1) is 23.0 Å². The Labute approximate surface area is 114 Å². The number of rotatable bonds is 6. The third-order valence-electron chi connectivity index (χ3n) is 2.97. The standard InChI is InChI=1S/C13H22N4O2/c1-9(2)11(8-16(4)5)15-13-6-12(17(18)19)10(3)7-14-13/h6-7,9,11H,8H2,1-5H3,(H,14,15). The Hall–Kier alpha value is -1.69. The van der Waals surface area contributed by atoms with E-state index in [9.17, 15) is 10.1 Å². The first-order valence-corrected chi connectivity index (χ1v) is 6.33. The SMILES string of the molecule is Cc1cnc(NC(CN(C)C)C(C)C)cc1[N+](=O)[O-]. The van der Waals surface area contributed by atoms with Gasteiger partial charge in [0.2, 0.25) is 0 Å². The lowest BCUT2D eigenvalue weighted by atomic mass is 10.0. The van der Waals surface area contributed by atoms with Crippen molar-refractivity contribution >= 4 is 11.5 Å². The Morgan fingerprint density at radius 3 is 2.58 bits per heavy atom. The van der Waals surface area contributed by atoms with Crippen LogP contribution in [0.2, 0.25) is 0 Å². The van der Waals surface area contributed by atoms with Crippen LogP contribution in [0.3, 0.4) is 0 Å². The fourth-order valence-corrected chi connectivity index (χ4v) is 1.80. The number of nitrogens with zero attached hydrogens (tertiary/aromatic N) is 3. The molecular formula is C13H22N4O2. The lowest BCUT2D eigenvalue weighted by molar-refractivity contribution is -0.385. The number of aromatic nitrogens is 1. The molecular weight excluding hydrogens is 244 g/mol. The van der Waals surface area contributed by atoms with Crippen molar-refractivity contribution in [1.29, 1.82) is 0 Å². The molecule has 0 amide bonds. The summed E-state index contributed by atoms with van der Waals surface area (Å²) in [4.78, 5) is 16.8. The number of pyridine rings is 1. The molecule has 1 N–H and O–H groups in total. The molecule has 6 heteroatoms. The minimum atomic E-state index is -0.376. The van der Waals surface area contributed by atoms with Crippen molar-refractivity contribution in [3.63, 3.8) is 0 Å². The van der Waals surface area contributed by atoms with Crippen molar-refractivity contribution in [2.75, 3.05) is 26.0 Å². The maximum absolute atomic E-state index is 10.9. The van der Waals surface area contributed by atoms with Gasteiger partial charge in [0.1, 0.15) is 5.82 Å². The van der Waals surface area contributed by atoms with Crippen molar-refractivity contribution < 1.29 is 4.92 Å². The van der Waals surface area contributed by atoms with E-state index in [-0.39, 0.29) is 16.7 Å². The average Bonchev–Trinajstić information content (AvgIpc) is 2.29. The van der Waals surface area contributed by atoms with Crippen molar-refractivity contribution in [3.8, 4) is 0 Å². The molecule has 1 aromatic heterocycles. The monoisotopic (exact) mass is 266 g/mol. The topological polar surface area (TPSA) is 71.3 Å². The highest BCUT2D eigenvalue weighted by Gasteiger charge is 2.17. The molecule has 0 bridgehead atoms. The van der Waals surface area contributed by atoms with Crippen molar-refractivity contribution in [1.82, 2.24) is 9.88 Å². The van der Waals surface area contributed by atoms with Crippen LogP contribution < -0.4 is 5.32 Å². The van der Waals surface area contributed by atoms with Gasteiger partial charge in [-0.3, -0.25) is 10.1 Å². The van der Waals surface area contributed by atoms with Gasteiger partial charge in [-0.25, -0.2) is 4.98 Å². The number of hydrogen-bond donors (Lipinski definition) is 1. The first kappa shape index (κ1) is 15.4. The van der Waals surface area contributed by atoms with E-state index < -0.39 is 0 Å². The lowest BCUT2D eigenvalue weighted by Gasteiger charge is -2.26. The van der Waals surface area contributed by atoms with Gasteiger partial charge < -0.3 is 10.2 Å². The third-order valence-corrected chi connectivity index (χ3v) is 2.97. The number of hydrogen-bond acceptors (Lipinski definition) is 5. The molecule has 0 saturated carbocycles. The van der Waals surface area contributed by atoms with E-state index in [0.717, 1.165) is 6.54 Å². The number of aryl methyl sites for hydroxylation is 1. The molecule has 6 nitrogen and oxygen atoms in total. The van der Waals surface area contributed by atoms with E-state index >= 15 is 0 Å². The van der Waals surface area contributed by atoms with Gasteiger partial charge in [0.05, 0.1) is 11.0 Å². The molecule has 0 aliphatic carbocycles. The van der Waals surface area contributed by atoms with Crippen LogP contribution in [0.4, 0.5) is 11.5 Å². The largest absolute Gasteiger partial charge is 0.366 e. The second-order valence-corrected chi connectivity index (χ2v) is 5.37. The Kier molecular flexibility index (Phi) is 5.23. The number of nitro groups is 1. The van der Waals surface area contributed by atoms with Crippen LogP contribution in [0.5, 0.6) is 0 Å². The second-order valence-electron chi connectivity index (χ2n) is 5.37. The summed E-state index contributed by atoms with van der Waals surface area (Å²) in [5, 5.41) is 14.2. The number of likely N-dealkylation sites (N-methyl/N-ethyl adjacent to an activating group) is 1. The van der Waals surface area contributed by atoms with Crippen molar-refractivity contribution in [3.05, 3.63) is 27.9 Å². The molecule has 1 atom stereocenters. The van der Waals surface area contributed by atoms with E-state index in [0.29, 0.717) is 17.3 Å². The van der Waals surface area contributed by atoms with Gasteiger partial charge in [0, 0.05) is 24.3 Å². The maximum Gasteiger partial charge on any atom is 0.277 e. The number of nitrogens with one attached hydrogen (secondary N) is 1. The third kappa shape index (κ3) is 4.48. The van der Waals surface area contributed by atoms with Crippen LogP contribution in [0.25, 0.3) is 0 Å². The Morgan fingerprint density at radius 1 is 1.47 bits per heavy atom. The Balaban J connectivity index is 2.90. The first-order chi connectivity index (χ1) is 8.81. The van der Waals surface area contributed by atoms with Gasteiger partial charge in [-0.05, 0) is 26.9 Å². The predicted molar refractivity (Wildman–Crippen MR) is 76.4 cm³/mol. The van der Waals surface area contributed by atoms with Gasteiger partial charge >= 0.3 is 0 Å². The van der Waals surface area contributed by atoms with Gasteiger partial charge in [0.15, 0.2) is 0 Å². The quantitative estimate of drug-likeness (QED) is 0.632. The fraction of sp³-hybridized carbons (Fsp3) is 0.615. The van der Waals surface area contributed by atoms with Crippen LogP contribution in [-0.2, 0) is 0 Å². The summed E-state index contributed by atoms with van der Waals surface area (Å²) in [6.07, 6.45) is 1.54. The molecule has 0 aliphatic rings. The molecule has 0 saturated heterocycles. The van der Waals surface area contributed by atoms with Gasteiger partial charge in [-0.15, -0.1) is 0 Å². The fourth-order valence-electron chi connectivity index (χ4n) is 1.80. The van der Waals surface area contributed by atoms with E-state index in [4.69, 9.17) is 0 Å². The van der Waals surface area contributed by atoms with Gasteiger partial charge in [0.25, 0.3) is 5.69 Å². The first-order valence-electron chi connectivity index (χ1n) is 6.33. The van der Waals surface area contributed by atoms with E-state index in [1.807, 2.05) is 14.1 Å². The summed E-state index contributed by atoms with van der Waals surface area (Å²) in [6, 6.07) is 1.70.